The van der Waals surface area contributed by atoms with E-state index in [2.05, 4.69) is 15.0 Å². The van der Waals surface area contributed by atoms with Crippen molar-refractivity contribution in [1.82, 2.24) is 14.9 Å². The van der Waals surface area contributed by atoms with Gasteiger partial charge in [0, 0.05) is 18.0 Å². The molecule has 0 atom stereocenters. The van der Waals surface area contributed by atoms with Crippen molar-refractivity contribution < 1.29 is 13.9 Å². The van der Waals surface area contributed by atoms with Crippen LogP contribution in [0.2, 0.25) is 0 Å². The van der Waals surface area contributed by atoms with Gasteiger partial charge in [-0.05, 0) is 11.4 Å². The lowest BCUT2D eigenvalue weighted by molar-refractivity contribution is 0.0701. The second-order valence-electron chi connectivity index (χ2n) is 4.59. The molecule has 0 spiro atoms. The van der Waals surface area contributed by atoms with Gasteiger partial charge in [-0.1, -0.05) is 6.07 Å². The summed E-state index contributed by atoms with van der Waals surface area (Å²) >= 11 is 1.58. The number of hydrogen-bond acceptors (Lipinski definition) is 6. The van der Waals surface area contributed by atoms with E-state index in [0.717, 1.165) is 24.2 Å². The number of hydrogen-bond donors (Lipinski definition) is 0. The highest BCUT2D eigenvalue weighted by atomic mass is 32.1. The number of thiophene rings is 1. The Kier molecular flexibility index (Phi) is 4.92. The predicted octanol–water partition coefficient (Wildman–Crippen LogP) is 2.25. The quantitative estimate of drug-likeness (QED) is 0.624. The van der Waals surface area contributed by atoms with Gasteiger partial charge >= 0.3 is 6.01 Å². The highest BCUT2D eigenvalue weighted by molar-refractivity contribution is 7.09. The van der Waals surface area contributed by atoms with Gasteiger partial charge in [0.2, 0.25) is 0 Å². The number of halogens is 1. The van der Waals surface area contributed by atoms with Crippen LogP contribution >= 0.6 is 11.3 Å². The van der Waals surface area contributed by atoms with Crippen molar-refractivity contribution in [2.45, 2.75) is 6.61 Å². The van der Waals surface area contributed by atoms with Crippen LogP contribution in [0.3, 0.4) is 0 Å². The highest BCUT2D eigenvalue weighted by Gasteiger charge is 2.09. The zero-order valence-corrected chi connectivity index (χ0v) is 12.6. The van der Waals surface area contributed by atoms with Gasteiger partial charge in [-0.25, -0.2) is 14.4 Å². The molecule has 0 unspecified atom stereocenters. The molecule has 0 N–H and O–H groups in total. The van der Waals surface area contributed by atoms with Gasteiger partial charge in [-0.3, -0.25) is 0 Å². The first-order chi connectivity index (χ1) is 10.8. The average Bonchev–Trinajstić information content (AvgIpc) is 3.07. The molecule has 116 valence electrons. The minimum Gasteiger partial charge on any atom is -0.458 e. The molecule has 1 aliphatic rings. The minimum absolute atomic E-state index is 0.0253. The van der Waals surface area contributed by atoms with Crippen LogP contribution in [0.15, 0.2) is 28.7 Å². The molecule has 1 fully saturated rings. The Hall–Kier alpha value is -2.06. The zero-order chi connectivity index (χ0) is 15.2. The first-order valence-corrected chi connectivity index (χ1v) is 7.73. The summed E-state index contributed by atoms with van der Waals surface area (Å²) in [5.74, 6) is -0.601. The van der Waals surface area contributed by atoms with Crippen molar-refractivity contribution in [3.63, 3.8) is 0 Å². The molecule has 1 saturated heterocycles. The predicted molar refractivity (Wildman–Crippen MR) is 81.2 cm³/mol. The van der Waals surface area contributed by atoms with E-state index in [1.54, 1.807) is 17.7 Å². The largest absolute Gasteiger partial charge is 0.458 e. The molecule has 0 bridgehead atoms. The van der Waals surface area contributed by atoms with Crippen LogP contribution in [-0.4, -0.2) is 47.5 Å². The molecule has 0 amide bonds. The van der Waals surface area contributed by atoms with Crippen LogP contribution in [0.5, 0.6) is 6.01 Å². The summed E-state index contributed by atoms with van der Waals surface area (Å²) in [4.78, 5) is 14.9. The maximum Gasteiger partial charge on any atom is 0.318 e. The molecule has 8 heteroatoms. The third-order valence-electron chi connectivity index (χ3n) is 3.02. The summed E-state index contributed by atoms with van der Waals surface area (Å²) in [6.07, 6.45) is 2.65. The van der Waals surface area contributed by atoms with Gasteiger partial charge in [0.05, 0.1) is 25.7 Å². The molecule has 0 aromatic carbocycles. The number of aliphatic imine (C=N–C) groups is 1. The Balaban J connectivity index is 1.65. The van der Waals surface area contributed by atoms with E-state index in [1.807, 2.05) is 22.4 Å². The molecular formula is C14H15FN4O2S. The van der Waals surface area contributed by atoms with Gasteiger partial charge < -0.3 is 14.4 Å². The monoisotopic (exact) mass is 322 g/mol. The van der Waals surface area contributed by atoms with Crippen molar-refractivity contribution in [2.24, 2.45) is 4.99 Å². The van der Waals surface area contributed by atoms with Gasteiger partial charge in [-0.2, -0.15) is 4.98 Å². The molecule has 2 aromatic rings. The van der Waals surface area contributed by atoms with E-state index in [9.17, 15) is 4.39 Å². The number of rotatable bonds is 5. The lowest BCUT2D eigenvalue weighted by Gasteiger charge is -2.23. The standard InChI is InChI=1S/C14H15FN4O2S/c15-12-8-16-14(21-9-11-2-1-7-22-11)18-13(12)17-10-19-3-5-20-6-4-19/h1-2,7-8,10H,3-6,9H2. The average molecular weight is 322 g/mol. The second-order valence-corrected chi connectivity index (χ2v) is 5.62. The Labute approximate surface area is 131 Å². The zero-order valence-electron chi connectivity index (χ0n) is 11.8. The molecule has 0 saturated carbocycles. The fourth-order valence-corrected chi connectivity index (χ4v) is 2.48. The Morgan fingerprint density at radius 2 is 2.32 bits per heavy atom. The Morgan fingerprint density at radius 1 is 1.45 bits per heavy atom. The number of aromatic nitrogens is 2. The molecule has 0 aliphatic carbocycles. The number of nitrogens with zero attached hydrogens (tertiary/aromatic N) is 4. The van der Waals surface area contributed by atoms with Crippen molar-refractivity contribution in [3.05, 3.63) is 34.4 Å². The van der Waals surface area contributed by atoms with Crippen LogP contribution in [0.25, 0.3) is 0 Å². The summed E-state index contributed by atoms with van der Waals surface area (Å²) in [6.45, 7) is 3.12. The van der Waals surface area contributed by atoms with Gasteiger partial charge in [0.25, 0.3) is 0 Å². The van der Waals surface area contributed by atoms with E-state index in [0.29, 0.717) is 19.8 Å². The lowest BCUT2D eigenvalue weighted by atomic mass is 10.5. The van der Waals surface area contributed by atoms with Crippen molar-refractivity contribution in [3.8, 4) is 6.01 Å². The first kappa shape index (κ1) is 14.9. The molecule has 6 nitrogen and oxygen atoms in total. The maximum absolute atomic E-state index is 13.7. The SMILES string of the molecule is Fc1cnc(OCc2cccs2)nc1N=CN1CCOCC1. The second kappa shape index (κ2) is 7.28. The normalized spacial score (nSPS) is 15.4. The minimum atomic E-state index is -0.576. The van der Waals surface area contributed by atoms with Gasteiger partial charge in [-0.15, -0.1) is 11.3 Å². The van der Waals surface area contributed by atoms with Gasteiger partial charge in [0.1, 0.15) is 6.61 Å². The lowest BCUT2D eigenvalue weighted by Crippen LogP contribution is -2.35. The molecular weight excluding hydrogens is 307 g/mol. The van der Waals surface area contributed by atoms with E-state index in [4.69, 9.17) is 9.47 Å². The third-order valence-corrected chi connectivity index (χ3v) is 3.87. The topological polar surface area (TPSA) is 59.8 Å². The van der Waals surface area contributed by atoms with Crippen LogP contribution in [0.1, 0.15) is 4.88 Å². The molecule has 3 rings (SSSR count). The third kappa shape index (κ3) is 3.99. The van der Waals surface area contributed by atoms with Crippen molar-refractivity contribution in [1.29, 1.82) is 0 Å². The Bertz CT molecular complexity index is 630. The molecule has 0 radical (unpaired) electrons. The molecule has 1 aliphatic heterocycles. The molecule has 3 heterocycles. The summed E-state index contributed by atoms with van der Waals surface area (Å²) < 4.78 is 24.4. The maximum atomic E-state index is 13.7. The highest BCUT2D eigenvalue weighted by Crippen LogP contribution is 2.18. The summed E-state index contributed by atoms with van der Waals surface area (Å²) in [5, 5.41) is 1.96. The van der Waals surface area contributed by atoms with E-state index < -0.39 is 5.82 Å². The van der Waals surface area contributed by atoms with Gasteiger partial charge in [0.15, 0.2) is 11.6 Å². The molecule has 22 heavy (non-hydrogen) atoms. The van der Waals surface area contributed by atoms with Crippen LogP contribution in [0.4, 0.5) is 10.2 Å². The molecule has 2 aromatic heterocycles. The summed E-state index contributed by atoms with van der Waals surface area (Å²) in [6, 6.07) is 4.00. The smallest absolute Gasteiger partial charge is 0.318 e. The van der Waals surface area contributed by atoms with Crippen molar-refractivity contribution in [2.75, 3.05) is 26.3 Å². The van der Waals surface area contributed by atoms with Crippen LogP contribution < -0.4 is 4.74 Å². The van der Waals surface area contributed by atoms with E-state index >= 15 is 0 Å². The summed E-state index contributed by atoms with van der Waals surface area (Å²) in [7, 11) is 0. The fraction of sp³-hybridized carbons (Fsp3) is 0.357. The van der Waals surface area contributed by atoms with E-state index in [1.165, 1.54) is 0 Å². The van der Waals surface area contributed by atoms with E-state index in [-0.39, 0.29) is 11.8 Å². The van der Waals surface area contributed by atoms with Crippen LogP contribution in [-0.2, 0) is 11.3 Å². The van der Waals surface area contributed by atoms with Crippen LogP contribution in [0, 0.1) is 5.82 Å². The summed E-state index contributed by atoms with van der Waals surface area (Å²) in [5.41, 5.74) is 0. The Morgan fingerprint density at radius 3 is 3.09 bits per heavy atom. The number of morpholine rings is 1. The number of ether oxygens (including phenoxy) is 2. The van der Waals surface area contributed by atoms with Crippen molar-refractivity contribution >= 4 is 23.5 Å². The fourth-order valence-electron chi connectivity index (χ4n) is 1.86. The first-order valence-electron chi connectivity index (χ1n) is 6.85.